The fraction of sp³-hybridized carbons (Fsp3) is 0.304. The van der Waals surface area contributed by atoms with Gasteiger partial charge in [-0.15, -0.1) is 0 Å². The molecule has 3 rings (SSSR count). The number of rotatable bonds is 8. The highest BCUT2D eigenvalue weighted by Gasteiger charge is 2.39. The van der Waals surface area contributed by atoms with Crippen molar-refractivity contribution in [1.82, 2.24) is 4.90 Å². The van der Waals surface area contributed by atoms with E-state index in [9.17, 15) is 9.59 Å². The minimum Gasteiger partial charge on any atom is -0.493 e. The van der Waals surface area contributed by atoms with Crippen molar-refractivity contribution in [3.05, 3.63) is 59.3 Å². The number of imide groups is 1. The molecule has 152 valence electrons. The number of ether oxygens (including phenoxy) is 2. The van der Waals surface area contributed by atoms with Gasteiger partial charge in [0.2, 0.25) is 0 Å². The largest absolute Gasteiger partial charge is 0.493 e. The lowest BCUT2D eigenvalue weighted by atomic mass is 10.0. The summed E-state index contributed by atoms with van der Waals surface area (Å²) in [5, 5.41) is 3.17. The molecule has 0 spiro atoms. The highest BCUT2D eigenvalue weighted by atomic mass is 16.5. The molecule has 2 amide bonds. The number of hydrogen-bond acceptors (Lipinski definition) is 5. The average molecular weight is 394 g/mol. The van der Waals surface area contributed by atoms with Gasteiger partial charge < -0.3 is 14.8 Å². The second-order valence-electron chi connectivity index (χ2n) is 6.76. The van der Waals surface area contributed by atoms with Crippen LogP contribution in [0.1, 0.15) is 31.4 Å². The van der Waals surface area contributed by atoms with Crippen molar-refractivity contribution >= 4 is 23.1 Å². The molecule has 0 aliphatic carbocycles. The molecule has 2 aromatic rings. The van der Waals surface area contributed by atoms with Crippen molar-refractivity contribution in [1.29, 1.82) is 0 Å². The summed E-state index contributed by atoms with van der Waals surface area (Å²) in [4.78, 5) is 27.4. The predicted molar refractivity (Wildman–Crippen MR) is 113 cm³/mol. The second kappa shape index (κ2) is 8.82. The van der Waals surface area contributed by atoms with Crippen molar-refractivity contribution in [2.75, 3.05) is 26.1 Å². The zero-order valence-electron chi connectivity index (χ0n) is 17.2. The minimum absolute atomic E-state index is 0.278. The number of carbonyl (C=O) groups is 2. The van der Waals surface area contributed by atoms with E-state index in [4.69, 9.17) is 9.47 Å². The maximum absolute atomic E-state index is 13.1. The van der Waals surface area contributed by atoms with Crippen molar-refractivity contribution in [3.8, 4) is 11.5 Å². The molecule has 6 nitrogen and oxygen atoms in total. The molecule has 0 aromatic heterocycles. The van der Waals surface area contributed by atoms with Crippen LogP contribution < -0.4 is 14.8 Å². The van der Waals surface area contributed by atoms with Crippen LogP contribution in [0.5, 0.6) is 11.5 Å². The normalized spacial score (nSPS) is 13.9. The third kappa shape index (κ3) is 3.97. The quantitative estimate of drug-likeness (QED) is 0.689. The van der Waals surface area contributed by atoms with Gasteiger partial charge in [-0.3, -0.25) is 14.5 Å². The van der Waals surface area contributed by atoms with Gasteiger partial charge >= 0.3 is 0 Å². The van der Waals surface area contributed by atoms with Crippen LogP contribution in [-0.2, 0) is 16.0 Å². The number of methoxy groups -OCH3 is 2. The number of benzene rings is 2. The Morgan fingerprint density at radius 1 is 0.897 bits per heavy atom. The van der Waals surface area contributed by atoms with E-state index in [1.165, 1.54) is 17.6 Å². The first-order valence-corrected chi connectivity index (χ1v) is 9.72. The van der Waals surface area contributed by atoms with E-state index >= 15 is 0 Å². The molecule has 29 heavy (non-hydrogen) atoms. The Hall–Kier alpha value is -3.28. The molecule has 1 heterocycles. The molecule has 1 aliphatic rings. The van der Waals surface area contributed by atoms with Crippen LogP contribution in [0.25, 0.3) is 5.57 Å². The number of hydrogen-bond donors (Lipinski definition) is 1. The summed E-state index contributed by atoms with van der Waals surface area (Å²) in [6.07, 6.45) is 1.62. The molecule has 1 aliphatic heterocycles. The first kappa shape index (κ1) is 20.5. The molecule has 0 unspecified atom stereocenters. The molecule has 0 saturated carbocycles. The lowest BCUT2D eigenvalue weighted by molar-refractivity contribution is -0.136. The van der Waals surface area contributed by atoms with Crippen molar-refractivity contribution in [3.63, 3.8) is 0 Å². The molecule has 2 aromatic carbocycles. The van der Waals surface area contributed by atoms with E-state index in [0.29, 0.717) is 35.6 Å². The Labute approximate surface area is 171 Å². The van der Waals surface area contributed by atoms with Crippen LogP contribution in [0.3, 0.4) is 0 Å². The highest BCUT2D eigenvalue weighted by molar-refractivity contribution is 6.36. The van der Waals surface area contributed by atoms with Crippen LogP contribution in [0.4, 0.5) is 5.69 Å². The van der Waals surface area contributed by atoms with E-state index in [1.807, 2.05) is 31.2 Å². The maximum Gasteiger partial charge on any atom is 0.278 e. The standard InChI is InChI=1S/C23H26N2O4/c1-5-13-25-22(26)20(16-9-12-18(28-3)19(14-16)29-4)21(23(25)27)24-17-10-7-15(6-2)8-11-17/h7-12,14,24H,5-6,13H2,1-4H3. The van der Waals surface area contributed by atoms with E-state index in [0.717, 1.165) is 12.1 Å². The zero-order chi connectivity index (χ0) is 21.0. The van der Waals surface area contributed by atoms with Crippen molar-refractivity contribution in [2.24, 2.45) is 0 Å². The molecular weight excluding hydrogens is 368 g/mol. The number of aryl methyl sites for hydroxylation is 1. The van der Waals surface area contributed by atoms with Gasteiger partial charge in [-0.2, -0.15) is 0 Å². The summed E-state index contributed by atoms with van der Waals surface area (Å²) in [6, 6.07) is 13.1. The zero-order valence-corrected chi connectivity index (χ0v) is 17.2. The van der Waals surface area contributed by atoms with Crippen LogP contribution in [0.15, 0.2) is 48.2 Å². The predicted octanol–water partition coefficient (Wildman–Crippen LogP) is 3.87. The van der Waals surface area contributed by atoms with Gasteiger partial charge in [-0.05, 0) is 48.2 Å². The molecule has 1 N–H and O–H groups in total. The first-order chi connectivity index (χ1) is 14.0. The molecule has 0 atom stereocenters. The summed E-state index contributed by atoms with van der Waals surface area (Å²) < 4.78 is 10.7. The smallest absolute Gasteiger partial charge is 0.278 e. The van der Waals surface area contributed by atoms with Gasteiger partial charge in [0, 0.05) is 12.2 Å². The fourth-order valence-electron chi connectivity index (χ4n) is 3.35. The van der Waals surface area contributed by atoms with Gasteiger partial charge in [-0.25, -0.2) is 0 Å². The maximum atomic E-state index is 13.1. The van der Waals surface area contributed by atoms with Crippen LogP contribution in [0, 0.1) is 0 Å². The van der Waals surface area contributed by atoms with E-state index in [2.05, 4.69) is 12.2 Å². The lowest BCUT2D eigenvalue weighted by Gasteiger charge is -2.14. The number of anilines is 1. The third-order valence-electron chi connectivity index (χ3n) is 4.92. The van der Waals surface area contributed by atoms with Gasteiger partial charge in [0.25, 0.3) is 11.8 Å². The Bertz CT molecular complexity index is 948. The molecular formula is C23H26N2O4. The molecule has 6 heteroatoms. The SMILES string of the molecule is CCCN1C(=O)C(Nc2ccc(CC)cc2)=C(c2ccc(OC)c(OC)c2)C1=O. The molecule has 0 saturated heterocycles. The molecule has 0 radical (unpaired) electrons. The number of nitrogens with one attached hydrogen (secondary N) is 1. The van der Waals surface area contributed by atoms with E-state index < -0.39 is 0 Å². The summed E-state index contributed by atoms with van der Waals surface area (Å²) in [7, 11) is 3.09. The van der Waals surface area contributed by atoms with Crippen LogP contribution in [0.2, 0.25) is 0 Å². The Morgan fingerprint density at radius 2 is 1.59 bits per heavy atom. The Kier molecular flexibility index (Phi) is 6.22. The summed E-state index contributed by atoms with van der Waals surface area (Å²) >= 11 is 0. The second-order valence-corrected chi connectivity index (χ2v) is 6.76. The number of amides is 2. The summed E-state index contributed by atoms with van der Waals surface area (Å²) in [5.41, 5.74) is 3.18. The van der Waals surface area contributed by atoms with Gasteiger partial charge in [0.15, 0.2) is 11.5 Å². The molecule has 0 bridgehead atoms. The van der Waals surface area contributed by atoms with Crippen molar-refractivity contribution in [2.45, 2.75) is 26.7 Å². The monoisotopic (exact) mass is 394 g/mol. The number of carbonyl (C=O) groups excluding carboxylic acids is 2. The first-order valence-electron chi connectivity index (χ1n) is 9.72. The van der Waals surface area contributed by atoms with Crippen molar-refractivity contribution < 1.29 is 19.1 Å². The fourth-order valence-corrected chi connectivity index (χ4v) is 3.35. The van der Waals surface area contributed by atoms with Gasteiger partial charge in [0.05, 0.1) is 19.8 Å². The number of nitrogens with zero attached hydrogens (tertiary/aromatic N) is 1. The Balaban J connectivity index is 2.07. The third-order valence-corrected chi connectivity index (χ3v) is 4.92. The summed E-state index contributed by atoms with van der Waals surface area (Å²) in [5.74, 6) is 0.431. The van der Waals surface area contributed by atoms with E-state index in [-0.39, 0.29) is 17.5 Å². The van der Waals surface area contributed by atoms with Crippen LogP contribution in [-0.4, -0.2) is 37.5 Å². The highest BCUT2D eigenvalue weighted by Crippen LogP contribution is 2.35. The van der Waals surface area contributed by atoms with Crippen LogP contribution >= 0.6 is 0 Å². The minimum atomic E-state index is -0.318. The molecule has 0 fully saturated rings. The van der Waals surface area contributed by atoms with E-state index in [1.54, 1.807) is 25.3 Å². The average Bonchev–Trinajstić information content (AvgIpc) is 2.98. The topological polar surface area (TPSA) is 67.9 Å². The summed E-state index contributed by atoms with van der Waals surface area (Å²) in [6.45, 7) is 4.39. The van der Waals surface area contributed by atoms with Gasteiger partial charge in [-0.1, -0.05) is 32.0 Å². The Morgan fingerprint density at radius 3 is 2.17 bits per heavy atom. The lowest BCUT2D eigenvalue weighted by Crippen LogP contribution is -2.33. The van der Waals surface area contributed by atoms with Gasteiger partial charge in [0.1, 0.15) is 5.70 Å².